The van der Waals surface area contributed by atoms with Crippen LogP contribution in [0.5, 0.6) is 11.5 Å². The summed E-state index contributed by atoms with van der Waals surface area (Å²) in [5.74, 6) is 1.03. The minimum atomic E-state index is -3.45. The highest BCUT2D eigenvalue weighted by Gasteiger charge is 2.19. The molecule has 2 aromatic carbocycles. The number of nitrogens with one attached hydrogen (secondary N) is 1. The van der Waals surface area contributed by atoms with Gasteiger partial charge in [-0.3, -0.25) is 9.10 Å². The van der Waals surface area contributed by atoms with E-state index in [1.165, 1.54) is 7.05 Å². The minimum Gasteiger partial charge on any atom is -0.493 e. The molecule has 0 aliphatic carbocycles. The summed E-state index contributed by atoms with van der Waals surface area (Å²) in [6.45, 7) is 0.462. The van der Waals surface area contributed by atoms with Crippen molar-refractivity contribution in [3.8, 4) is 11.5 Å². The number of benzene rings is 2. The van der Waals surface area contributed by atoms with Crippen LogP contribution in [0, 0.1) is 0 Å². The van der Waals surface area contributed by atoms with Gasteiger partial charge in [0.2, 0.25) is 10.0 Å². The number of aryl methyl sites for hydroxylation is 1. The molecule has 0 saturated heterocycles. The first kappa shape index (κ1) is 21.6. The van der Waals surface area contributed by atoms with Crippen molar-refractivity contribution in [2.75, 3.05) is 38.4 Å². The first-order valence-electron chi connectivity index (χ1n) is 8.80. The van der Waals surface area contributed by atoms with Gasteiger partial charge in [0, 0.05) is 13.6 Å². The SMILES string of the molecule is COc1ccc(CCCNC(=O)c2ccccc2N(C)S(C)(=O)=O)cc1OC. The Balaban J connectivity index is 1.97. The third kappa shape index (κ3) is 5.39. The van der Waals surface area contributed by atoms with Crippen molar-refractivity contribution in [1.82, 2.24) is 5.32 Å². The van der Waals surface area contributed by atoms with Crippen molar-refractivity contribution in [1.29, 1.82) is 0 Å². The van der Waals surface area contributed by atoms with Crippen LogP contribution in [-0.4, -0.2) is 48.4 Å². The zero-order valence-electron chi connectivity index (χ0n) is 16.6. The van der Waals surface area contributed by atoms with E-state index >= 15 is 0 Å². The number of amides is 1. The molecule has 1 amide bonds. The van der Waals surface area contributed by atoms with Gasteiger partial charge in [-0.05, 0) is 42.7 Å². The molecule has 0 aliphatic rings. The Bertz CT molecular complexity index is 928. The van der Waals surface area contributed by atoms with Gasteiger partial charge in [0.15, 0.2) is 11.5 Å². The average molecular weight is 407 g/mol. The van der Waals surface area contributed by atoms with E-state index in [1.807, 2.05) is 18.2 Å². The molecule has 1 N–H and O–H groups in total. The fraction of sp³-hybridized carbons (Fsp3) is 0.350. The standard InChI is InChI=1S/C20H26N2O5S/c1-22(28(4,24)25)17-10-6-5-9-16(17)20(23)21-13-7-8-15-11-12-18(26-2)19(14-15)27-3/h5-6,9-12,14H,7-8,13H2,1-4H3,(H,21,23). The number of nitrogens with zero attached hydrogens (tertiary/aromatic N) is 1. The molecule has 2 aromatic rings. The fourth-order valence-electron chi connectivity index (χ4n) is 2.74. The first-order valence-corrected chi connectivity index (χ1v) is 10.6. The van der Waals surface area contributed by atoms with E-state index in [0.717, 1.165) is 29.0 Å². The number of para-hydroxylation sites is 1. The summed E-state index contributed by atoms with van der Waals surface area (Å²) < 4.78 is 35.2. The van der Waals surface area contributed by atoms with Crippen molar-refractivity contribution in [3.05, 3.63) is 53.6 Å². The van der Waals surface area contributed by atoms with Gasteiger partial charge >= 0.3 is 0 Å². The van der Waals surface area contributed by atoms with E-state index in [2.05, 4.69) is 5.32 Å². The monoisotopic (exact) mass is 406 g/mol. The number of methoxy groups -OCH3 is 2. The second kappa shape index (κ2) is 9.45. The van der Waals surface area contributed by atoms with Gasteiger partial charge < -0.3 is 14.8 Å². The largest absolute Gasteiger partial charge is 0.493 e. The predicted octanol–water partition coefficient (Wildman–Crippen LogP) is 2.46. The molecular formula is C20H26N2O5S. The molecule has 0 aromatic heterocycles. The lowest BCUT2D eigenvalue weighted by atomic mass is 10.1. The van der Waals surface area contributed by atoms with Crippen LogP contribution in [0.15, 0.2) is 42.5 Å². The molecule has 152 valence electrons. The van der Waals surface area contributed by atoms with Crippen molar-refractivity contribution in [2.24, 2.45) is 0 Å². The third-order valence-electron chi connectivity index (χ3n) is 4.36. The molecule has 0 spiro atoms. The van der Waals surface area contributed by atoms with Crippen molar-refractivity contribution in [3.63, 3.8) is 0 Å². The molecule has 2 rings (SSSR count). The van der Waals surface area contributed by atoms with Crippen LogP contribution >= 0.6 is 0 Å². The number of carbonyl (C=O) groups excluding carboxylic acids is 1. The van der Waals surface area contributed by atoms with Crippen LogP contribution in [-0.2, 0) is 16.4 Å². The van der Waals surface area contributed by atoms with Gasteiger partial charge in [0.1, 0.15) is 0 Å². The van der Waals surface area contributed by atoms with Gasteiger partial charge in [-0.1, -0.05) is 18.2 Å². The summed E-state index contributed by atoms with van der Waals surface area (Å²) in [6.07, 6.45) is 2.58. The molecule has 0 atom stereocenters. The molecule has 0 aliphatic heterocycles. The highest BCUT2D eigenvalue weighted by atomic mass is 32.2. The second-order valence-corrected chi connectivity index (χ2v) is 8.31. The topological polar surface area (TPSA) is 84.9 Å². The highest BCUT2D eigenvalue weighted by molar-refractivity contribution is 7.92. The van der Waals surface area contributed by atoms with Gasteiger partial charge in [-0.25, -0.2) is 8.42 Å². The third-order valence-corrected chi connectivity index (χ3v) is 5.55. The van der Waals surface area contributed by atoms with Crippen LogP contribution in [0.25, 0.3) is 0 Å². The second-order valence-electron chi connectivity index (χ2n) is 6.30. The molecule has 7 nitrogen and oxygen atoms in total. The number of carbonyl (C=O) groups is 1. The lowest BCUT2D eigenvalue weighted by Crippen LogP contribution is -2.30. The van der Waals surface area contributed by atoms with Crippen molar-refractivity contribution < 1.29 is 22.7 Å². The number of anilines is 1. The van der Waals surface area contributed by atoms with E-state index in [0.29, 0.717) is 29.3 Å². The van der Waals surface area contributed by atoms with Crippen LogP contribution in [0.3, 0.4) is 0 Å². The smallest absolute Gasteiger partial charge is 0.253 e. The number of sulfonamides is 1. The fourth-order valence-corrected chi connectivity index (χ4v) is 3.26. The number of ether oxygens (including phenoxy) is 2. The number of hydrogen-bond donors (Lipinski definition) is 1. The summed E-state index contributed by atoms with van der Waals surface area (Å²) in [4.78, 5) is 12.5. The van der Waals surface area contributed by atoms with Gasteiger partial charge in [-0.2, -0.15) is 0 Å². The van der Waals surface area contributed by atoms with E-state index in [9.17, 15) is 13.2 Å². The zero-order chi connectivity index (χ0) is 20.7. The number of hydrogen-bond acceptors (Lipinski definition) is 5. The Morgan fingerprint density at radius 1 is 1.07 bits per heavy atom. The molecule has 0 unspecified atom stereocenters. The first-order chi connectivity index (χ1) is 13.3. The van der Waals surface area contributed by atoms with E-state index < -0.39 is 10.0 Å². The summed E-state index contributed by atoms with van der Waals surface area (Å²) in [7, 11) is 1.15. The molecule has 0 saturated carbocycles. The molecule has 0 bridgehead atoms. The molecule has 0 heterocycles. The van der Waals surface area contributed by atoms with E-state index in [1.54, 1.807) is 38.5 Å². The molecular weight excluding hydrogens is 380 g/mol. The number of rotatable bonds is 9. The van der Waals surface area contributed by atoms with Crippen LogP contribution < -0.4 is 19.1 Å². The lowest BCUT2D eigenvalue weighted by Gasteiger charge is -2.19. The van der Waals surface area contributed by atoms with E-state index in [4.69, 9.17) is 9.47 Å². The summed E-state index contributed by atoms with van der Waals surface area (Å²) in [6, 6.07) is 12.4. The Hall–Kier alpha value is -2.74. The van der Waals surface area contributed by atoms with Gasteiger partial charge in [0.05, 0.1) is 31.7 Å². The average Bonchev–Trinajstić information content (AvgIpc) is 2.69. The van der Waals surface area contributed by atoms with Crippen molar-refractivity contribution in [2.45, 2.75) is 12.8 Å². The Morgan fingerprint density at radius 2 is 1.75 bits per heavy atom. The highest BCUT2D eigenvalue weighted by Crippen LogP contribution is 2.28. The maximum atomic E-state index is 12.5. The maximum Gasteiger partial charge on any atom is 0.253 e. The van der Waals surface area contributed by atoms with Crippen LogP contribution in [0.2, 0.25) is 0 Å². The molecule has 28 heavy (non-hydrogen) atoms. The molecule has 0 fully saturated rings. The summed E-state index contributed by atoms with van der Waals surface area (Å²) in [5, 5.41) is 2.85. The normalized spacial score (nSPS) is 11.0. The van der Waals surface area contributed by atoms with Crippen molar-refractivity contribution >= 4 is 21.6 Å². The predicted molar refractivity (Wildman–Crippen MR) is 110 cm³/mol. The quantitative estimate of drug-likeness (QED) is 0.647. The maximum absolute atomic E-state index is 12.5. The summed E-state index contributed by atoms with van der Waals surface area (Å²) in [5.41, 5.74) is 1.74. The Morgan fingerprint density at radius 3 is 2.39 bits per heavy atom. The minimum absolute atomic E-state index is 0.307. The van der Waals surface area contributed by atoms with Crippen LogP contribution in [0.4, 0.5) is 5.69 Å². The van der Waals surface area contributed by atoms with Gasteiger partial charge in [-0.15, -0.1) is 0 Å². The Kier molecular flexibility index (Phi) is 7.28. The Labute approximate surface area is 166 Å². The van der Waals surface area contributed by atoms with Crippen LogP contribution in [0.1, 0.15) is 22.3 Å². The molecule has 0 radical (unpaired) electrons. The van der Waals surface area contributed by atoms with E-state index in [-0.39, 0.29) is 5.91 Å². The molecule has 8 heteroatoms. The van der Waals surface area contributed by atoms with Gasteiger partial charge in [0.25, 0.3) is 5.91 Å². The lowest BCUT2D eigenvalue weighted by molar-refractivity contribution is 0.0954. The zero-order valence-corrected chi connectivity index (χ0v) is 17.4. The summed E-state index contributed by atoms with van der Waals surface area (Å²) >= 11 is 0.